The van der Waals surface area contributed by atoms with Crippen LogP contribution < -0.4 is 0 Å². The molecule has 4 nitrogen and oxygen atoms in total. The van der Waals surface area contributed by atoms with E-state index in [9.17, 15) is 9.59 Å². The highest BCUT2D eigenvalue weighted by Gasteiger charge is 2.15. The van der Waals surface area contributed by atoms with E-state index in [-0.39, 0.29) is 25.6 Å². The third-order valence-corrected chi connectivity index (χ3v) is 4.84. The topological polar surface area (TPSA) is 52.6 Å². The van der Waals surface area contributed by atoms with E-state index in [4.69, 9.17) is 9.47 Å². The lowest BCUT2D eigenvalue weighted by molar-refractivity contribution is -0.155. The first-order valence-corrected chi connectivity index (χ1v) is 10.2. The third-order valence-electron chi connectivity index (χ3n) is 4.84. The average molecular weight is 402 g/mol. The van der Waals surface area contributed by atoms with Gasteiger partial charge in [-0.2, -0.15) is 0 Å². The van der Waals surface area contributed by atoms with Crippen LogP contribution in [0.3, 0.4) is 0 Å². The minimum atomic E-state index is -0.574. The van der Waals surface area contributed by atoms with Crippen molar-refractivity contribution in [2.24, 2.45) is 0 Å². The maximum absolute atomic E-state index is 11.9. The minimum Gasteiger partial charge on any atom is -0.465 e. The number of hydrogen-bond donors (Lipinski definition) is 0. The van der Waals surface area contributed by atoms with Gasteiger partial charge in [0.05, 0.1) is 6.61 Å². The van der Waals surface area contributed by atoms with Crippen LogP contribution in [-0.2, 0) is 25.7 Å². The Balaban J connectivity index is 1.42. The SMILES string of the molecule is O=C(CC(=O)OCc1ccccc1)OCCCC(c1ccccc1)c1ccccc1. The number of benzene rings is 3. The van der Waals surface area contributed by atoms with Gasteiger partial charge in [-0.15, -0.1) is 0 Å². The quantitative estimate of drug-likeness (QED) is 0.263. The fourth-order valence-corrected chi connectivity index (χ4v) is 3.33. The van der Waals surface area contributed by atoms with Gasteiger partial charge in [-0.3, -0.25) is 9.59 Å². The molecule has 0 saturated carbocycles. The van der Waals surface area contributed by atoms with E-state index in [1.165, 1.54) is 11.1 Å². The first-order valence-electron chi connectivity index (χ1n) is 10.2. The Labute approximate surface area is 177 Å². The second-order valence-corrected chi connectivity index (χ2v) is 7.06. The van der Waals surface area contributed by atoms with Gasteiger partial charge in [0.2, 0.25) is 0 Å². The molecule has 0 aromatic heterocycles. The van der Waals surface area contributed by atoms with E-state index in [2.05, 4.69) is 24.3 Å². The number of carbonyl (C=O) groups excluding carboxylic acids is 2. The van der Waals surface area contributed by atoms with Gasteiger partial charge >= 0.3 is 11.9 Å². The van der Waals surface area contributed by atoms with Crippen molar-refractivity contribution >= 4 is 11.9 Å². The number of ether oxygens (including phenoxy) is 2. The summed E-state index contributed by atoms with van der Waals surface area (Å²) in [7, 11) is 0. The fourth-order valence-electron chi connectivity index (χ4n) is 3.33. The second-order valence-electron chi connectivity index (χ2n) is 7.06. The molecule has 3 aromatic carbocycles. The summed E-state index contributed by atoms with van der Waals surface area (Å²) < 4.78 is 10.4. The maximum atomic E-state index is 11.9. The molecule has 0 unspecified atom stereocenters. The third kappa shape index (κ3) is 6.89. The predicted molar refractivity (Wildman–Crippen MR) is 116 cm³/mol. The summed E-state index contributed by atoms with van der Waals surface area (Å²) in [5, 5.41) is 0. The summed E-state index contributed by atoms with van der Waals surface area (Å²) in [6, 6.07) is 30.0. The zero-order chi connectivity index (χ0) is 21.0. The summed E-state index contributed by atoms with van der Waals surface area (Å²) in [5.74, 6) is -0.888. The first kappa shape index (κ1) is 21.3. The van der Waals surface area contributed by atoms with Gasteiger partial charge in [0.25, 0.3) is 0 Å². The van der Waals surface area contributed by atoms with Gasteiger partial charge in [0.1, 0.15) is 13.0 Å². The molecule has 0 spiro atoms. The lowest BCUT2D eigenvalue weighted by Crippen LogP contribution is -2.15. The molecule has 154 valence electrons. The Hall–Kier alpha value is -3.40. The first-order chi connectivity index (χ1) is 14.7. The summed E-state index contributed by atoms with van der Waals surface area (Å²) in [4.78, 5) is 23.7. The summed E-state index contributed by atoms with van der Waals surface area (Å²) in [6.07, 6.45) is 1.19. The zero-order valence-electron chi connectivity index (χ0n) is 16.9. The predicted octanol–water partition coefficient (Wildman–Crippen LogP) is 5.28. The van der Waals surface area contributed by atoms with Crippen LogP contribution in [0.5, 0.6) is 0 Å². The van der Waals surface area contributed by atoms with Crippen LogP contribution in [0.15, 0.2) is 91.0 Å². The van der Waals surface area contributed by atoms with Crippen LogP contribution >= 0.6 is 0 Å². The lowest BCUT2D eigenvalue weighted by Gasteiger charge is -2.18. The summed E-state index contributed by atoms with van der Waals surface area (Å²) in [6.45, 7) is 0.434. The van der Waals surface area contributed by atoms with Crippen LogP contribution in [0.1, 0.15) is 41.9 Å². The molecule has 3 rings (SSSR count). The lowest BCUT2D eigenvalue weighted by atomic mass is 9.88. The minimum absolute atomic E-state index is 0.156. The van der Waals surface area contributed by atoms with E-state index in [0.717, 1.165) is 12.0 Å². The van der Waals surface area contributed by atoms with E-state index in [0.29, 0.717) is 6.42 Å². The van der Waals surface area contributed by atoms with Crippen LogP contribution in [0.4, 0.5) is 0 Å². The Morgan fingerprint density at radius 1 is 0.667 bits per heavy atom. The summed E-state index contributed by atoms with van der Waals surface area (Å²) >= 11 is 0. The molecular weight excluding hydrogens is 376 g/mol. The molecule has 0 atom stereocenters. The van der Waals surface area contributed by atoms with Gasteiger partial charge in [0.15, 0.2) is 0 Å². The van der Waals surface area contributed by atoms with Crippen molar-refractivity contribution in [2.45, 2.75) is 31.8 Å². The van der Waals surface area contributed by atoms with E-state index < -0.39 is 11.9 Å². The molecule has 0 N–H and O–H groups in total. The Bertz CT molecular complexity index is 868. The fraction of sp³-hybridized carbons (Fsp3) is 0.231. The van der Waals surface area contributed by atoms with E-state index in [1.807, 2.05) is 66.7 Å². The Kier molecular flexibility index (Phi) is 8.22. The van der Waals surface area contributed by atoms with Crippen LogP contribution in [0, 0.1) is 0 Å². The highest BCUT2D eigenvalue weighted by molar-refractivity contribution is 5.91. The zero-order valence-corrected chi connectivity index (χ0v) is 16.9. The van der Waals surface area contributed by atoms with Crippen LogP contribution in [0.25, 0.3) is 0 Å². The molecule has 0 amide bonds. The van der Waals surface area contributed by atoms with Gasteiger partial charge < -0.3 is 9.47 Å². The van der Waals surface area contributed by atoms with Crippen molar-refractivity contribution in [1.29, 1.82) is 0 Å². The van der Waals surface area contributed by atoms with Crippen molar-refractivity contribution in [3.8, 4) is 0 Å². The molecule has 0 radical (unpaired) electrons. The molecule has 0 fully saturated rings. The molecule has 0 aliphatic rings. The van der Waals surface area contributed by atoms with E-state index >= 15 is 0 Å². The number of rotatable bonds is 10. The van der Waals surface area contributed by atoms with Gasteiger partial charge in [-0.1, -0.05) is 91.0 Å². The van der Waals surface area contributed by atoms with Crippen molar-refractivity contribution < 1.29 is 19.1 Å². The molecule has 0 heterocycles. The van der Waals surface area contributed by atoms with Crippen LogP contribution in [-0.4, -0.2) is 18.5 Å². The molecule has 0 aliphatic carbocycles. The highest BCUT2D eigenvalue weighted by Crippen LogP contribution is 2.28. The number of esters is 2. The Morgan fingerprint density at radius 2 is 1.17 bits per heavy atom. The highest BCUT2D eigenvalue weighted by atomic mass is 16.6. The van der Waals surface area contributed by atoms with Gasteiger partial charge in [-0.05, 0) is 29.5 Å². The standard InChI is InChI=1S/C26H26O4/c27-25(19-26(28)30-20-21-11-4-1-5-12-21)29-18-10-17-24(22-13-6-2-7-14-22)23-15-8-3-9-16-23/h1-9,11-16,24H,10,17-20H2. The van der Waals surface area contributed by atoms with Crippen LogP contribution in [0.2, 0.25) is 0 Å². The molecule has 3 aromatic rings. The molecule has 0 bridgehead atoms. The monoisotopic (exact) mass is 402 g/mol. The van der Waals surface area contributed by atoms with Crippen molar-refractivity contribution in [3.05, 3.63) is 108 Å². The summed E-state index contributed by atoms with van der Waals surface area (Å²) in [5.41, 5.74) is 3.35. The number of hydrogen-bond acceptors (Lipinski definition) is 4. The molecule has 0 saturated heterocycles. The van der Waals surface area contributed by atoms with Crippen molar-refractivity contribution in [3.63, 3.8) is 0 Å². The largest absolute Gasteiger partial charge is 0.465 e. The van der Waals surface area contributed by atoms with Crippen molar-refractivity contribution in [2.75, 3.05) is 6.61 Å². The van der Waals surface area contributed by atoms with Gasteiger partial charge in [0, 0.05) is 5.92 Å². The molecular formula is C26H26O4. The average Bonchev–Trinajstić information content (AvgIpc) is 2.79. The maximum Gasteiger partial charge on any atom is 0.317 e. The molecule has 30 heavy (non-hydrogen) atoms. The smallest absolute Gasteiger partial charge is 0.317 e. The molecule has 4 heteroatoms. The Morgan fingerprint density at radius 3 is 1.73 bits per heavy atom. The molecule has 0 aliphatic heterocycles. The second kappa shape index (κ2) is 11.6. The normalized spacial score (nSPS) is 10.6. The van der Waals surface area contributed by atoms with Crippen molar-refractivity contribution in [1.82, 2.24) is 0 Å². The number of carbonyl (C=O) groups is 2. The van der Waals surface area contributed by atoms with E-state index in [1.54, 1.807) is 0 Å². The van der Waals surface area contributed by atoms with Gasteiger partial charge in [-0.25, -0.2) is 0 Å².